The minimum atomic E-state index is -0.965. The summed E-state index contributed by atoms with van der Waals surface area (Å²) in [6, 6.07) is 20.5. The fourth-order valence-corrected chi connectivity index (χ4v) is 4.98. The number of halogens is 1. The van der Waals surface area contributed by atoms with Crippen LogP contribution in [0.1, 0.15) is 68.9 Å². The van der Waals surface area contributed by atoms with Crippen LogP contribution in [0.2, 0.25) is 0 Å². The van der Waals surface area contributed by atoms with Crippen LogP contribution in [-0.4, -0.2) is 21.6 Å². The number of carbonyl (C=O) groups excluding carboxylic acids is 2. The molecule has 206 valence electrons. The van der Waals surface area contributed by atoms with Crippen molar-refractivity contribution in [2.75, 3.05) is 5.32 Å². The van der Waals surface area contributed by atoms with Gasteiger partial charge in [0.05, 0.1) is 22.6 Å². The maximum atomic E-state index is 15.1. The lowest BCUT2D eigenvalue weighted by Gasteiger charge is -2.32. The lowest BCUT2D eigenvalue weighted by Crippen LogP contribution is -2.38. The molecule has 0 saturated heterocycles. The molecule has 1 aliphatic carbocycles. The van der Waals surface area contributed by atoms with E-state index in [-0.39, 0.29) is 11.4 Å². The summed E-state index contributed by atoms with van der Waals surface area (Å²) in [5, 5.41) is 7.20. The first-order valence-corrected chi connectivity index (χ1v) is 13.3. The number of anilines is 1. The van der Waals surface area contributed by atoms with Crippen LogP contribution < -0.4 is 22.5 Å². The molecule has 9 heteroatoms. The molecule has 1 atom stereocenters. The standard InChI is InChI=1S/C31H33FN6O2/c1-19-15-28(38(37-19)25-4-2-3-21(16-25)18-33)30(40)36-27-17-24(11-12-26(27)32)31(35,14-13-20-5-6-20)23-9-7-22(8-10-23)29(34)39/h2-4,7-12,15-17,20H,5-6,13-14,18,33,35H2,1H3,(H2,34,39)(H,36,40). The van der Waals surface area contributed by atoms with E-state index in [1.807, 2.05) is 24.3 Å². The van der Waals surface area contributed by atoms with E-state index in [1.165, 1.54) is 23.6 Å². The Morgan fingerprint density at radius 3 is 2.45 bits per heavy atom. The Morgan fingerprint density at radius 2 is 1.77 bits per heavy atom. The Hall–Kier alpha value is -4.34. The smallest absolute Gasteiger partial charge is 0.274 e. The number of nitrogens with zero attached hydrogens (tertiary/aromatic N) is 2. The van der Waals surface area contributed by atoms with Gasteiger partial charge in [0.2, 0.25) is 5.91 Å². The van der Waals surface area contributed by atoms with Gasteiger partial charge < -0.3 is 22.5 Å². The second-order valence-electron chi connectivity index (χ2n) is 10.5. The number of benzene rings is 3. The molecule has 1 heterocycles. The van der Waals surface area contributed by atoms with Crippen LogP contribution in [0.4, 0.5) is 10.1 Å². The number of rotatable bonds is 10. The first-order chi connectivity index (χ1) is 19.2. The number of nitrogens with two attached hydrogens (primary N) is 3. The van der Waals surface area contributed by atoms with Crippen LogP contribution in [0.5, 0.6) is 0 Å². The Labute approximate surface area is 232 Å². The maximum absolute atomic E-state index is 15.1. The zero-order chi connectivity index (χ0) is 28.4. The topological polar surface area (TPSA) is 142 Å². The van der Waals surface area contributed by atoms with Crippen LogP contribution in [0.25, 0.3) is 5.69 Å². The van der Waals surface area contributed by atoms with Crippen LogP contribution in [-0.2, 0) is 12.1 Å². The van der Waals surface area contributed by atoms with Gasteiger partial charge in [0, 0.05) is 12.1 Å². The molecule has 3 aromatic carbocycles. The van der Waals surface area contributed by atoms with Gasteiger partial charge in [-0.25, -0.2) is 9.07 Å². The number of amides is 2. The highest BCUT2D eigenvalue weighted by atomic mass is 19.1. The summed E-state index contributed by atoms with van der Waals surface area (Å²) in [6.07, 6.45) is 3.87. The first-order valence-electron chi connectivity index (χ1n) is 13.3. The molecule has 1 saturated carbocycles. The number of aryl methyl sites for hydroxylation is 1. The quantitative estimate of drug-likeness (QED) is 0.234. The molecule has 1 unspecified atom stereocenters. The van der Waals surface area contributed by atoms with E-state index in [1.54, 1.807) is 49.4 Å². The van der Waals surface area contributed by atoms with Crippen molar-refractivity contribution in [3.8, 4) is 5.69 Å². The largest absolute Gasteiger partial charge is 0.366 e. The van der Waals surface area contributed by atoms with Gasteiger partial charge in [0.15, 0.2) is 0 Å². The molecule has 8 nitrogen and oxygen atoms in total. The van der Waals surface area contributed by atoms with Crippen molar-refractivity contribution in [1.29, 1.82) is 0 Å². The SMILES string of the molecule is Cc1cc(C(=O)Nc2cc(C(N)(CCC3CC3)c3ccc(C(N)=O)cc3)ccc2F)n(-c2cccc(CN)c2)n1. The molecule has 1 aliphatic rings. The molecule has 0 aliphatic heterocycles. The second-order valence-corrected chi connectivity index (χ2v) is 10.5. The molecule has 2 amide bonds. The minimum Gasteiger partial charge on any atom is -0.366 e. The van der Waals surface area contributed by atoms with Crippen LogP contribution >= 0.6 is 0 Å². The third kappa shape index (κ3) is 5.66. The van der Waals surface area contributed by atoms with Gasteiger partial charge in [-0.3, -0.25) is 9.59 Å². The lowest BCUT2D eigenvalue weighted by atomic mass is 9.79. The monoisotopic (exact) mass is 540 g/mol. The molecule has 0 bridgehead atoms. The van der Waals surface area contributed by atoms with Gasteiger partial charge in [-0.15, -0.1) is 0 Å². The normalized spacial score (nSPS) is 14.5. The van der Waals surface area contributed by atoms with E-state index < -0.39 is 23.2 Å². The summed E-state index contributed by atoms with van der Waals surface area (Å²) < 4.78 is 16.6. The van der Waals surface area contributed by atoms with Crippen molar-refractivity contribution < 1.29 is 14.0 Å². The van der Waals surface area contributed by atoms with Crippen molar-refractivity contribution >= 4 is 17.5 Å². The Morgan fingerprint density at radius 1 is 1.05 bits per heavy atom. The highest BCUT2D eigenvalue weighted by Gasteiger charge is 2.33. The average Bonchev–Trinajstić information content (AvgIpc) is 3.71. The zero-order valence-corrected chi connectivity index (χ0v) is 22.4. The van der Waals surface area contributed by atoms with E-state index in [4.69, 9.17) is 17.2 Å². The molecular weight excluding hydrogens is 507 g/mol. The highest BCUT2D eigenvalue weighted by molar-refractivity contribution is 6.03. The summed E-state index contributed by atoms with van der Waals surface area (Å²) in [6.45, 7) is 2.13. The van der Waals surface area contributed by atoms with Gasteiger partial charge in [0.1, 0.15) is 11.5 Å². The number of carbonyl (C=O) groups is 2. The van der Waals surface area contributed by atoms with Gasteiger partial charge in [-0.05, 0) is 84.8 Å². The van der Waals surface area contributed by atoms with E-state index in [0.29, 0.717) is 41.4 Å². The molecule has 40 heavy (non-hydrogen) atoms. The number of nitrogens with one attached hydrogen (secondary N) is 1. The van der Waals surface area contributed by atoms with E-state index >= 15 is 4.39 Å². The van der Waals surface area contributed by atoms with Gasteiger partial charge >= 0.3 is 0 Å². The predicted octanol–water partition coefficient (Wildman–Crippen LogP) is 4.52. The van der Waals surface area contributed by atoms with Crippen LogP contribution in [0, 0.1) is 18.7 Å². The summed E-state index contributed by atoms with van der Waals surface area (Å²) in [7, 11) is 0. The summed E-state index contributed by atoms with van der Waals surface area (Å²) in [4.78, 5) is 25.0. The van der Waals surface area contributed by atoms with E-state index in [9.17, 15) is 9.59 Å². The Kier molecular flexibility index (Phi) is 7.51. The van der Waals surface area contributed by atoms with Gasteiger partial charge in [0.25, 0.3) is 5.91 Å². The summed E-state index contributed by atoms with van der Waals surface area (Å²) >= 11 is 0. The molecule has 7 N–H and O–H groups in total. The van der Waals surface area contributed by atoms with Crippen LogP contribution in [0.15, 0.2) is 72.8 Å². The average molecular weight is 541 g/mol. The molecule has 4 aromatic rings. The zero-order valence-electron chi connectivity index (χ0n) is 22.4. The molecule has 0 radical (unpaired) electrons. The first kappa shape index (κ1) is 27.2. The molecule has 5 rings (SSSR count). The number of hydrogen-bond donors (Lipinski definition) is 4. The lowest BCUT2D eigenvalue weighted by molar-refractivity contribution is 0.0996. The van der Waals surface area contributed by atoms with Gasteiger partial charge in [-0.2, -0.15) is 5.10 Å². The molecular formula is C31H33FN6O2. The maximum Gasteiger partial charge on any atom is 0.274 e. The van der Waals surface area contributed by atoms with Crippen molar-refractivity contribution in [3.05, 3.63) is 112 Å². The third-order valence-corrected chi connectivity index (χ3v) is 7.51. The number of primary amides is 1. The van der Waals surface area contributed by atoms with Gasteiger partial charge in [-0.1, -0.05) is 43.2 Å². The Bertz CT molecular complexity index is 1560. The fraction of sp³-hybridized carbons (Fsp3) is 0.258. The second kappa shape index (κ2) is 11.0. The number of hydrogen-bond acceptors (Lipinski definition) is 5. The van der Waals surface area contributed by atoms with Crippen molar-refractivity contribution in [2.45, 2.75) is 44.7 Å². The third-order valence-electron chi connectivity index (χ3n) is 7.51. The highest BCUT2D eigenvalue weighted by Crippen LogP contribution is 2.40. The molecule has 0 spiro atoms. The van der Waals surface area contributed by atoms with E-state index in [2.05, 4.69) is 10.4 Å². The van der Waals surface area contributed by atoms with E-state index in [0.717, 1.165) is 17.5 Å². The Balaban J connectivity index is 1.48. The predicted molar refractivity (Wildman–Crippen MR) is 152 cm³/mol. The molecule has 1 aromatic heterocycles. The summed E-state index contributed by atoms with van der Waals surface area (Å²) in [5.74, 6) is -1.00. The van der Waals surface area contributed by atoms with Crippen molar-refractivity contribution in [1.82, 2.24) is 9.78 Å². The number of aromatic nitrogens is 2. The van der Waals surface area contributed by atoms with Crippen molar-refractivity contribution in [3.63, 3.8) is 0 Å². The molecule has 1 fully saturated rings. The summed E-state index contributed by atoms with van der Waals surface area (Å²) in [5.41, 5.74) is 21.6. The van der Waals surface area contributed by atoms with Crippen molar-refractivity contribution in [2.24, 2.45) is 23.1 Å². The minimum absolute atomic E-state index is 0.0126. The van der Waals surface area contributed by atoms with Crippen LogP contribution in [0.3, 0.4) is 0 Å². The fourth-order valence-electron chi connectivity index (χ4n) is 4.98.